The number of likely N-dealkylation sites (tertiary alicyclic amines) is 2. The molecule has 5 heterocycles. The van der Waals surface area contributed by atoms with Gasteiger partial charge >= 0.3 is 6.03 Å². The number of fused-ring (bicyclic) bond motifs is 3. The van der Waals surface area contributed by atoms with E-state index in [1.165, 1.54) is 18.5 Å². The first-order chi connectivity index (χ1) is 20.5. The standard InChI is InChI=1S/C27H30F2N8O4S2/c1-27(7-8-27)34-43(40,41)17-2-3-18-19(12-17)37(25-33-32-24(42-25)22(28)29)23-20(18)21(30-14-31-23)15-4-9-35(10-5-15)26(39)36-11-6-16(38)13-36/h2-3,12,14-16,22,34,38H,4-11,13H2,1H3. The van der Waals surface area contributed by atoms with Gasteiger partial charge in [0, 0.05) is 48.4 Å². The Bertz CT molecular complexity index is 1830. The van der Waals surface area contributed by atoms with Gasteiger partial charge in [-0.15, -0.1) is 10.2 Å². The van der Waals surface area contributed by atoms with E-state index in [0.29, 0.717) is 67.4 Å². The number of carbonyl (C=O) groups excluding carboxylic acids is 1. The topological polar surface area (TPSA) is 146 Å². The van der Waals surface area contributed by atoms with Crippen molar-refractivity contribution in [1.82, 2.24) is 39.3 Å². The van der Waals surface area contributed by atoms with E-state index in [0.717, 1.165) is 29.9 Å². The predicted octanol–water partition coefficient (Wildman–Crippen LogP) is 3.56. The number of piperidine rings is 1. The fourth-order valence-electron chi connectivity index (χ4n) is 6.05. The van der Waals surface area contributed by atoms with Gasteiger partial charge in [0.2, 0.25) is 15.2 Å². The first kappa shape index (κ1) is 28.4. The summed E-state index contributed by atoms with van der Waals surface area (Å²) in [6.07, 6.45) is 1.49. The van der Waals surface area contributed by atoms with Crippen molar-refractivity contribution in [3.05, 3.63) is 35.2 Å². The number of benzene rings is 1. The summed E-state index contributed by atoms with van der Waals surface area (Å²) in [5.74, 6) is -0.0243. The van der Waals surface area contributed by atoms with Crippen LogP contribution in [-0.4, -0.2) is 91.9 Å². The van der Waals surface area contributed by atoms with Crippen LogP contribution >= 0.6 is 11.3 Å². The van der Waals surface area contributed by atoms with Crippen LogP contribution in [0.2, 0.25) is 0 Å². The number of β-amino-alcohol motifs (C(OH)–C–C–N with tert-alkyl or cyclic N) is 1. The van der Waals surface area contributed by atoms with Gasteiger partial charge < -0.3 is 14.9 Å². The second-order valence-electron chi connectivity index (χ2n) is 11.8. The minimum Gasteiger partial charge on any atom is -0.391 e. The van der Waals surface area contributed by atoms with Gasteiger partial charge in [-0.3, -0.25) is 4.57 Å². The molecule has 2 N–H and O–H groups in total. The maximum absolute atomic E-state index is 13.5. The zero-order chi connectivity index (χ0) is 30.1. The quantitative estimate of drug-likeness (QED) is 0.328. The van der Waals surface area contributed by atoms with Gasteiger partial charge in [-0.2, -0.15) is 0 Å². The number of amides is 2. The van der Waals surface area contributed by atoms with Crippen LogP contribution in [0, 0.1) is 0 Å². The monoisotopic (exact) mass is 632 g/mol. The number of hydrogen-bond donors (Lipinski definition) is 2. The molecule has 12 nitrogen and oxygen atoms in total. The highest BCUT2D eigenvalue weighted by atomic mass is 32.2. The molecule has 0 radical (unpaired) electrons. The largest absolute Gasteiger partial charge is 0.391 e. The summed E-state index contributed by atoms with van der Waals surface area (Å²) in [6, 6.07) is 4.68. The Morgan fingerprint density at radius 2 is 1.86 bits per heavy atom. The molecule has 3 fully saturated rings. The summed E-state index contributed by atoms with van der Waals surface area (Å²) >= 11 is 0.717. The number of aromatic nitrogens is 5. The smallest absolute Gasteiger partial charge is 0.320 e. The van der Waals surface area contributed by atoms with Crippen molar-refractivity contribution in [1.29, 1.82) is 0 Å². The minimum absolute atomic E-state index is 0.0243. The SMILES string of the molecule is CC1(NS(=O)(=O)c2ccc3c4c(C5CCN(C(=O)N6CCC(O)C6)CC5)ncnc4n(-c4nnc(C(F)F)s4)c3c2)CC1. The van der Waals surface area contributed by atoms with Gasteiger partial charge in [-0.05, 0) is 51.2 Å². The van der Waals surface area contributed by atoms with Gasteiger partial charge in [0.25, 0.3) is 6.43 Å². The van der Waals surface area contributed by atoms with Gasteiger partial charge in [-0.1, -0.05) is 17.4 Å². The van der Waals surface area contributed by atoms with Crippen molar-refractivity contribution in [3.8, 4) is 5.13 Å². The maximum atomic E-state index is 13.5. The normalized spacial score (nSPS) is 21.0. The van der Waals surface area contributed by atoms with Crippen molar-refractivity contribution in [2.24, 2.45) is 0 Å². The van der Waals surface area contributed by atoms with Crippen LogP contribution < -0.4 is 4.72 Å². The molecule has 1 atom stereocenters. The molecular formula is C27H30F2N8O4S2. The number of aliphatic hydroxyl groups is 1. The number of alkyl halides is 2. The molecule has 1 aromatic carbocycles. The lowest BCUT2D eigenvalue weighted by molar-refractivity contribution is 0.136. The number of carbonyl (C=O) groups is 1. The van der Waals surface area contributed by atoms with Gasteiger partial charge in [-0.25, -0.2) is 36.7 Å². The van der Waals surface area contributed by atoms with Crippen molar-refractivity contribution < 1.29 is 27.1 Å². The third kappa shape index (κ3) is 5.13. The van der Waals surface area contributed by atoms with Crippen LogP contribution in [0.15, 0.2) is 29.4 Å². The molecule has 1 aliphatic carbocycles. The summed E-state index contributed by atoms with van der Waals surface area (Å²) in [5.41, 5.74) is 1.13. The molecule has 0 spiro atoms. The molecule has 3 aliphatic rings. The average molecular weight is 633 g/mol. The fourth-order valence-corrected chi connectivity index (χ4v) is 8.25. The van der Waals surface area contributed by atoms with E-state index in [4.69, 9.17) is 0 Å². The molecule has 43 heavy (non-hydrogen) atoms. The number of aliphatic hydroxyl groups excluding tert-OH is 1. The molecule has 2 amide bonds. The predicted molar refractivity (Wildman–Crippen MR) is 154 cm³/mol. The second-order valence-corrected chi connectivity index (χ2v) is 14.5. The van der Waals surface area contributed by atoms with Gasteiger partial charge in [0.05, 0.1) is 22.2 Å². The highest BCUT2D eigenvalue weighted by molar-refractivity contribution is 7.89. The van der Waals surface area contributed by atoms with Crippen LogP contribution in [0.1, 0.15) is 62.1 Å². The van der Waals surface area contributed by atoms with E-state index in [1.807, 2.05) is 6.92 Å². The number of rotatable bonds is 6. The zero-order valence-electron chi connectivity index (χ0n) is 23.3. The molecule has 0 bridgehead atoms. The van der Waals surface area contributed by atoms with E-state index >= 15 is 0 Å². The third-order valence-electron chi connectivity index (χ3n) is 8.63. The molecule has 2 aliphatic heterocycles. The number of nitrogens with zero attached hydrogens (tertiary/aromatic N) is 7. The summed E-state index contributed by atoms with van der Waals surface area (Å²) in [4.78, 5) is 25.7. The summed E-state index contributed by atoms with van der Waals surface area (Å²) in [6.45, 7) is 3.76. The highest BCUT2D eigenvalue weighted by Crippen LogP contribution is 2.41. The fraction of sp³-hybridized carbons (Fsp3) is 0.519. The molecule has 7 rings (SSSR count). The number of urea groups is 1. The zero-order valence-corrected chi connectivity index (χ0v) is 24.9. The molecule has 1 unspecified atom stereocenters. The molecule has 4 aromatic rings. The highest BCUT2D eigenvalue weighted by Gasteiger charge is 2.41. The van der Waals surface area contributed by atoms with E-state index in [2.05, 4.69) is 24.9 Å². The van der Waals surface area contributed by atoms with Crippen molar-refractivity contribution >= 4 is 49.3 Å². The Morgan fingerprint density at radius 1 is 1.12 bits per heavy atom. The summed E-state index contributed by atoms with van der Waals surface area (Å²) in [5, 5.41) is 18.6. The van der Waals surface area contributed by atoms with Crippen LogP contribution in [0.4, 0.5) is 13.6 Å². The van der Waals surface area contributed by atoms with Gasteiger partial charge in [0.1, 0.15) is 6.33 Å². The Morgan fingerprint density at radius 3 is 2.51 bits per heavy atom. The molecule has 2 saturated heterocycles. The van der Waals surface area contributed by atoms with Crippen LogP contribution in [0.5, 0.6) is 0 Å². The van der Waals surface area contributed by atoms with E-state index in [9.17, 15) is 27.1 Å². The molecule has 3 aromatic heterocycles. The molecule has 16 heteroatoms. The van der Waals surface area contributed by atoms with Crippen molar-refractivity contribution in [3.63, 3.8) is 0 Å². The van der Waals surface area contributed by atoms with E-state index < -0.39 is 33.1 Å². The number of sulfonamides is 1. The lowest BCUT2D eigenvalue weighted by Gasteiger charge is -2.34. The van der Waals surface area contributed by atoms with E-state index in [1.54, 1.807) is 20.4 Å². The molecule has 1 saturated carbocycles. The molecular weight excluding hydrogens is 602 g/mol. The average Bonchev–Trinajstić information content (AvgIpc) is 3.34. The van der Waals surface area contributed by atoms with Crippen molar-refractivity contribution in [2.45, 2.75) is 67.9 Å². The Balaban J connectivity index is 1.29. The van der Waals surface area contributed by atoms with E-state index in [-0.39, 0.29) is 22.0 Å². The third-order valence-corrected chi connectivity index (χ3v) is 11.2. The minimum atomic E-state index is -3.86. The summed E-state index contributed by atoms with van der Waals surface area (Å²) < 4.78 is 57.9. The maximum Gasteiger partial charge on any atom is 0.320 e. The van der Waals surface area contributed by atoms with Gasteiger partial charge in [0.15, 0.2) is 10.7 Å². The summed E-state index contributed by atoms with van der Waals surface area (Å²) in [7, 11) is -3.86. The second kappa shape index (κ2) is 10.4. The number of nitrogens with one attached hydrogen (secondary N) is 1. The Hall–Kier alpha value is -3.34. The number of hydrogen-bond acceptors (Lipinski definition) is 9. The molecule has 228 valence electrons. The lowest BCUT2D eigenvalue weighted by atomic mass is 9.91. The Kier molecular flexibility index (Phi) is 6.87. The van der Waals surface area contributed by atoms with Crippen LogP contribution in [0.3, 0.4) is 0 Å². The van der Waals surface area contributed by atoms with Crippen LogP contribution in [0.25, 0.3) is 27.1 Å². The Labute approximate surface area is 249 Å². The first-order valence-electron chi connectivity index (χ1n) is 14.2. The number of halogens is 2. The van der Waals surface area contributed by atoms with Crippen LogP contribution in [-0.2, 0) is 10.0 Å². The lowest BCUT2D eigenvalue weighted by Crippen LogP contribution is -2.45. The first-order valence-corrected chi connectivity index (χ1v) is 16.5. The van der Waals surface area contributed by atoms with Crippen molar-refractivity contribution in [2.75, 3.05) is 26.2 Å².